The summed E-state index contributed by atoms with van der Waals surface area (Å²) >= 11 is 0. The number of aromatic nitrogens is 4. The summed E-state index contributed by atoms with van der Waals surface area (Å²) in [6.45, 7) is 0. The lowest BCUT2D eigenvalue weighted by atomic mass is 10.1. The van der Waals surface area contributed by atoms with Crippen LogP contribution in [0.2, 0.25) is 0 Å². The number of hydrogen-bond acceptors (Lipinski definition) is 4. The second-order valence-electron chi connectivity index (χ2n) is 14.4. The van der Waals surface area contributed by atoms with E-state index in [4.69, 9.17) is 19.4 Å². The molecule has 8 aromatic carbocycles. The molecular formula is C51H34N4OSi. The zero-order valence-electron chi connectivity index (χ0n) is 30.8. The maximum absolute atomic E-state index is 6.81. The van der Waals surface area contributed by atoms with E-state index in [1.165, 1.54) is 20.7 Å². The van der Waals surface area contributed by atoms with Crippen molar-refractivity contribution in [1.29, 1.82) is 0 Å². The first-order valence-electron chi connectivity index (χ1n) is 19.2. The van der Waals surface area contributed by atoms with Crippen molar-refractivity contribution in [1.82, 2.24) is 19.5 Å². The number of hydrogen-bond donors (Lipinski definition) is 0. The first-order chi connectivity index (χ1) is 28.3. The van der Waals surface area contributed by atoms with E-state index in [2.05, 4.69) is 138 Å². The zero-order valence-corrected chi connectivity index (χ0v) is 31.8. The van der Waals surface area contributed by atoms with Gasteiger partial charge in [-0.3, -0.25) is 4.57 Å². The third-order valence-corrected chi connectivity index (χ3v) is 16.0. The average molecular weight is 747 g/mol. The van der Waals surface area contributed by atoms with E-state index in [1.807, 2.05) is 72.8 Å². The molecule has 0 N–H and O–H groups in total. The Bertz CT molecular complexity index is 3070. The highest BCUT2D eigenvalue weighted by atomic mass is 28.3. The molecule has 0 bridgehead atoms. The van der Waals surface area contributed by atoms with Gasteiger partial charge < -0.3 is 4.42 Å². The van der Waals surface area contributed by atoms with Crippen molar-refractivity contribution in [2.75, 3.05) is 0 Å². The molecule has 0 spiro atoms. The minimum atomic E-state index is -2.83. The summed E-state index contributed by atoms with van der Waals surface area (Å²) in [6.07, 6.45) is 0. The normalized spacial score (nSPS) is 11.9. The summed E-state index contributed by atoms with van der Waals surface area (Å²) in [5.41, 5.74) is 5.38. The van der Waals surface area contributed by atoms with E-state index in [0.717, 1.165) is 54.9 Å². The van der Waals surface area contributed by atoms with E-state index in [9.17, 15) is 0 Å². The topological polar surface area (TPSA) is 56.7 Å². The third-order valence-electron chi connectivity index (χ3n) is 11.2. The Kier molecular flexibility index (Phi) is 7.76. The molecule has 0 aliphatic heterocycles. The van der Waals surface area contributed by atoms with Gasteiger partial charge in [0.05, 0.1) is 5.52 Å². The van der Waals surface area contributed by atoms with Gasteiger partial charge in [-0.25, -0.2) is 4.98 Å². The van der Waals surface area contributed by atoms with Crippen LogP contribution in [0.3, 0.4) is 0 Å². The van der Waals surface area contributed by atoms with Crippen LogP contribution >= 0.6 is 0 Å². The SMILES string of the molecule is c1ccc(-c2nc(-c3ccccc3)nc(-n3c4ccc([Si](c5ccccc5)(c5ccccc5)c5ccccc5)cc4c4ccc5c6ccccc6oc5c43)n2)cc1. The zero-order chi connectivity index (χ0) is 37.8. The second-order valence-corrected chi connectivity index (χ2v) is 18.2. The highest BCUT2D eigenvalue weighted by Gasteiger charge is 2.41. The van der Waals surface area contributed by atoms with Crippen LogP contribution in [0.1, 0.15) is 0 Å². The lowest BCUT2D eigenvalue weighted by Gasteiger charge is -2.34. The molecule has 3 aromatic heterocycles. The fraction of sp³-hybridized carbons (Fsp3) is 0. The number of nitrogens with zero attached hydrogens (tertiary/aromatic N) is 4. The molecule has 3 heterocycles. The number of fused-ring (bicyclic) bond motifs is 7. The van der Waals surface area contributed by atoms with Crippen molar-refractivity contribution < 1.29 is 4.42 Å². The molecule has 57 heavy (non-hydrogen) atoms. The summed E-state index contributed by atoms with van der Waals surface area (Å²) in [6, 6.07) is 73.2. The van der Waals surface area contributed by atoms with E-state index in [0.29, 0.717) is 17.6 Å². The van der Waals surface area contributed by atoms with Gasteiger partial charge in [0, 0.05) is 32.7 Å². The minimum Gasteiger partial charge on any atom is -0.454 e. The predicted molar refractivity (Wildman–Crippen MR) is 236 cm³/mol. The maximum atomic E-state index is 6.81. The fourth-order valence-electron chi connectivity index (χ4n) is 8.68. The van der Waals surface area contributed by atoms with Gasteiger partial charge >= 0.3 is 0 Å². The molecule has 0 unspecified atom stereocenters. The molecular weight excluding hydrogens is 713 g/mol. The Morgan fingerprint density at radius 1 is 0.386 bits per heavy atom. The Labute approximate surface area is 330 Å². The van der Waals surface area contributed by atoms with Crippen LogP contribution in [0.5, 0.6) is 0 Å². The van der Waals surface area contributed by atoms with Crippen molar-refractivity contribution in [3.8, 4) is 28.7 Å². The smallest absolute Gasteiger partial charge is 0.238 e. The molecule has 0 aliphatic rings. The molecule has 11 rings (SSSR count). The molecule has 0 saturated heterocycles. The number of benzene rings is 8. The molecule has 0 saturated carbocycles. The Hall–Kier alpha value is -7.41. The van der Waals surface area contributed by atoms with Gasteiger partial charge in [0.2, 0.25) is 5.95 Å². The number of para-hydroxylation sites is 1. The van der Waals surface area contributed by atoms with E-state index in [-0.39, 0.29) is 0 Å². The first kappa shape index (κ1) is 33.0. The predicted octanol–water partition coefficient (Wildman–Crippen LogP) is 9.58. The van der Waals surface area contributed by atoms with Crippen molar-refractivity contribution in [2.45, 2.75) is 0 Å². The molecule has 6 heteroatoms. The summed E-state index contributed by atoms with van der Waals surface area (Å²) < 4.78 is 9.00. The quantitative estimate of drug-likeness (QED) is 0.121. The highest BCUT2D eigenvalue weighted by molar-refractivity contribution is 7.20. The van der Waals surface area contributed by atoms with Gasteiger partial charge in [-0.2, -0.15) is 9.97 Å². The lowest BCUT2D eigenvalue weighted by Crippen LogP contribution is -2.74. The molecule has 5 nitrogen and oxygen atoms in total. The van der Waals surface area contributed by atoms with Crippen molar-refractivity contribution in [3.63, 3.8) is 0 Å². The summed E-state index contributed by atoms with van der Waals surface area (Å²) in [5.74, 6) is 1.74. The van der Waals surface area contributed by atoms with Crippen LogP contribution in [-0.2, 0) is 0 Å². The maximum Gasteiger partial charge on any atom is 0.238 e. The molecule has 0 fully saturated rings. The van der Waals surface area contributed by atoms with Crippen LogP contribution in [0, 0.1) is 0 Å². The number of rotatable bonds is 7. The van der Waals surface area contributed by atoms with Gasteiger partial charge in [-0.15, -0.1) is 0 Å². The van der Waals surface area contributed by atoms with E-state index < -0.39 is 8.07 Å². The van der Waals surface area contributed by atoms with Crippen LogP contribution in [0.4, 0.5) is 0 Å². The van der Waals surface area contributed by atoms with Gasteiger partial charge in [0.1, 0.15) is 11.1 Å². The van der Waals surface area contributed by atoms with Gasteiger partial charge in [-0.1, -0.05) is 188 Å². The summed E-state index contributed by atoms with van der Waals surface area (Å²) in [7, 11) is -2.83. The molecule has 0 radical (unpaired) electrons. The van der Waals surface area contributed by atoms with Crippen LogP contribution in [-0.4, -0.2) is 27.6 Å². The fourth-order valence-corrected chi connectivity index (χ4v) is 13.5. The standard InChI is InChI=1S/C51H34N4OSi/c1-6-18-35(19-7-1)49-52-50(36-20-8-2-9-21-36)54-51(53-49)55-45-33-30-40(34-44(45)42-31-32-43-41-28-16-17-29-46(41)56-48(43)47(42)55)57(37-22-10-3-11-23-37,38-24-12-4-13-25-38)39-26-14-5-15-27-39/h1-34H. The van der Waals surface area contributed by atoms with Gasteiger partial charge in [0.25, 0.3) is 0 Å². The molecule has 0 amide bonds. The van der Waals surface area contributed by atoms with Crippen LogP contribution in [0.15, 0.2) is 211 Å². The van der Waals surface area contributed by atoms with Crippen molar-refractivity contribution in [3.05, 3.63) is 206 Å². The Balaban J connectivity index is 1.28. The summed E-state index contributed by atoms with van der Waals surface area (Å²) in [4.78, 5) is 15.5. The first-order valence-corrected chi connectivity index (χ1v) is 21.2. The molecule has 11 aromatic rings. The van der Waals surface area contributed by atoms with Crippen LogP contribution in [0.25, 0.3) is 72.5 Å². The highest BCUT2D eigenvalue weighted by Crippen LogP contribution is 2.40. The average Bonchev–Trinajstić information content (AvgIpc) is 3.84. The molecule has 0 atom stereocenters. The van der Waals surface area contributed by atoms with Crippen molar-refractivity contribution >= 4 is 72.6 Å². The third kappa shape index (κ3) is 5.26. The van der Waals surface area contributed by atoms with E-state index >= 15 is 0 Å². The van der Waals surface area contributed by atoms with Crippen LogP contribution < -0.4 is 20.7 Å². The van der Waals surface area contributed by atoms with E-state index in [1.54, 1.807) is 0 Å². The minimum absolute atomic E-state index is 0.529. The second kappa shape index (κ2) is 13.4. The van der Waals surface area contributed by atoms with Gasteiger partial charge in [-0.05, 0) is 38.9 Å². The molecule has 268 valence electrons. The monoisotopic (exact) mass is 746 g/mol. The number of furan rings is 1. The summed E-state index contributed by atoms with van der Waals surface area (Å²) in [5, 5.41) is 9.54. The largest absolute Gasteiger partial charge is 0.454 e. The molecule has 0 aliphatic carbocycles. The van der Waals surface area contributed by atoms with Gasteiger partial charge in [0.15, 0.2) is 25.3 Å². The Morgan fingerprint density at radius 2 is 0.877 bits per heavy atom. The Morgan fingerprint density at radius 3 is 1.44 bits per heavy atom. The lowest BCUT2D eigenvalue weighted by molar-refractivity contribution is 0.670. The van der Waals surface area contributed by atoms with Crippen molar-refractivity contribution in [2.24, 2.45) is 0 Å².